The highest BCUT2D eigenvalue weighted by Gasteiger charge is 2.15. The predicted molar refractivity (Wildman–Crippen MR) is 114 cm³/mol. The number of hydrogen-bond acceptors (Lipinski definition) is 5. The Balaban J connectivity index is 2.01. The summed E-state index contributed by atoms with van der Waals surface area (Å²) in [4.78, 5) is 12.2. The second-order valence-electron chi connectivity index (χ2n) is 5.87. The number of carbonyl (C=O) groups is 1. The van der Waals surface area contributed by atoms with Crippen LogP contribution < -0.4 is 19.6 Å². The molecule has 0 unspecified atom stereocenters. The van der Waals surface area contributed by atoms with Crippen molar-refractivity contribution in [1.82, 2.24) is 5.43 Å². The summed E-state index contributed by atoms with van der Waals surface area (Å²) in [6, 6.07) is 8.80. The van der Waals surface area contributed by atoms with Crippen LogP contribution in [-0.4, -0.2) is 31.9 Å². The molecule has 0 fully saturated rings. The topological polar surface area (TPSA) is 69.2 Å². The number of hydrogen-bond donors (Lipinski definition) is 1. The summed E-state index contributed by atoms with van der Waals surface area (Å²) in [5, 5.41) is 4.60. The van der Waals surface area contributed by atoms with Crippen molar-refractivity contribution in [3.05, 3.63) is 51.0 Å². The lowest BCUT2D eigenvalue weighted by atomic mass is 10.2. The average molecular weight is 470 g/mol. The fourth-order valence-corrected chi connectivity index (χ4v) is 3.15. The number of carbonyl (C=O) groups excluding carboxylic acids is 1. The molecule has 8 heteroatoms. The highest BCUT2D eigenvalue weighted by atomic mass is 79.9. The van der Waals surface area contributed by atoms with Crippen molar-refractivity contribution in [3.63, 3.8) is 0 Å². The van der Waals surface area contributed by atoms with Gasteiger partial charge in [0, 0.05) is 5.02 Å². The van der Waals surface area contributed by atoms with Crippen LogP contribution in [0.3, 0.4) is 0 Å². The van der Waals surface area contributed by atoms with E-state index in [4.69, 9.17) is 25.8 Å². The summed E-state index contributed by atoms with van der Waals surface area (Å²) in [6.45, 7) is 5.92. The molecule has 0 saturated carbocycles. The molecule has 0 aliphatic heterocycles. The number of ether oxygens (including phenoxy) is 3. The van der Waals surface area contributed by atoms with E-state index in [1.54, 1.807) is 38.3 Å². The Bertz CT molecular complexity index is 874. The molecule has 6 nitrogen and oxygen atoms in total. The molecule has 0 saturated heterocycles. The Morgan fingerprint density at radius 1 is 1.32 bits per heavy atom. The Morgan fingerprint density at radius 3 is 2.71 bits per heavy atom. The number of hydrazone groups is 1. The van der Waals surface area contributed by atoms with Crippen LogP contribution in [0.5, 0.6) is 17.2 Å². The number of methoxy groups -OCH3 is 1. The van der Waals surface area contributed by atoms with E-state index in [-0.39, 0.29) is 5.91 Å². The maximum absolute atomic E-state index is 12.2. The lowest BCUT2D eigenvalue weighted by Crippen LogP contribution is -2.33. The minimum absolute atomic E-state index is 0.373. The van der Waals surface area contributed by atoms with Crippen LogP contribution in [0.2, 0.25) is 5.02 Å². The highest BCUT2D eigenvalue weighted by molar-refractivity contribution is 9.10. The van der Waals surface area contributed by atoms with Crippen molar-refractivity contribution in [2.45, 2.75) is 26.9 Å². The van der Waals surface area contributed by atoms with Crippen LogP contribution in [0.15, 0.2) is 39.9 Å². The van der Waals surface area contributed by atoms with E-state index in [1.807, 2.05) is 19.9 Å². The van der Waals surface area contributed by atoms with Crippen molar-refractivity contribution < 1.29 is 19.0 Å². The molecule has 28 heavy (non-hydrogen) atoms. The number of nitrogens with zero attached hydrogens (tertiary/aromatic N) is 1. The molecular formula is C20H22BrClN2O4. The smallest absolute Gasteiger partial charge is 0.280 e. The first kappa shape index (κ1) is 22.0. The first-order valence-corrected chi connectivity index (χ1v) is 9.78. The number of halogens is 2. The zero-order valence-corrected chi connectivity index (χ0v) is 18.4. The summed E-state index contributed by atoms with van der Waals surface area (Å²) in [7, 11) is 1.56. The predicted octanol–water partition coefficient (Wildman–Crippen LogP) is 4.74. The Hall–Kier alpha value is -2.25. The van der Waals surface area contributed by atoms with Crippen molar-refractivity contribution in [2.75, 3.05) is 13.7 Å². The van der Waals surface area contributed by atoms with E-state index in [1.165, 1.54) is 6.21 Å². The van der Waals surface area contributed by atoms with E-state index < -0.39 is 6.10 Å². The summed E-state index contributed by atoms with van der Waals surface area (Å²) in [6.07, 6.45) is 0.792. The summed E-state index contributed by atoms with van der Waals surface area (Å²) < 4.78 is 17.3. The van der Waals surface area contributed by atoms with Gasteiger partial charge in [-0.3, -0.25) is 4.79 Å². The molecule has 0 heterocycles. The van der Waals surface area contributed by atoms with Gasteiger partial charge in [0.25, 0.3) is 5.91 Å². The second-order valence-corrected chi connectivity index (χ2v) is 7.16. The van der Waals surface area contributed by atoms with Gasteiger partial charge in [-0.2, -0.15) is 5.10 Å². The number of aryl methyl sites for hydroxylation is 1. The van der Waals surface area contributed by atoms with Gasteiger partial charge >= 0.3 is 0 Å². The zero-order chi connectivity index (χ0) is 20.7. The van der Waals surface area contributed by atoms with E-state index in [0.717, 1.165) is 15.6 Å². The van der Waals surface area contributed by atoms with E-state index in [2.05, 4.69) is 26.5 Å². The lowest BCUT2D eigenvalue weighted by molar-refractivity contribution is -0.127. The van der Waals surface area contributed by atoms with Crippen LogP contribution in [0.25, 0.3) is 0 Å². The molecule has 2 aromatic carbocycles. The number of nitrogens with one attached hydrogen (secondary N) is 1. The molecule has 0 radical (unpaired) electrons. The minimum Gasteiger partial charge on any atom is -0.493 e. The minimum atomic E-state index is -0.723. The number of benzene rings is 2. The third-order valence-corrected chi connectivity index (χ3v) is 4.56. The molecule has 150 valence electrons. The second kappa shape index (κ2) is 10.3. The van der Waals surface area contributed by atoms with Gasteiger partial charge in [0.2, 0.25) is 0 Å². The molecular weight excluding hydrogens is 448 g/mol. The summed E-state index contributed by atoms with van der Waals surface area (Å²) in [5.41, 5.74) is 4.05. The molecule has 0 bridgehead atoms. The maximum atomic E-state index is 12.2. The van der Waals surface area contributed by atoms with E-state index in [9.17, 15) is 4.79 Å². The molecule has 1 N–H and O–H groups in total. The first-order valence-electron chi connectivity index (χ1n) is 8.61. The van der Waals surface area contributed by atoms with Crippen molar-refractivity contribution >= 4 is 39.7 Å². The normalized spacial score (nSPS) is 11.9. The highest BCUT2D eigenvalue weighted by Crippen LogP contribution is 2.36. The summed E-state index contributed by atoms with van der Waals surface area (Å²) in [5.74, 6) is 1.41. The largest absolute Gasteiger partial charge is 0.493 e. The number of amides is 1. The molecule has 0 spiro atoms. The fourth-order valence-electron chi connectivity index (χ4n) is 2.35. The quantitative estimate of drug-likeness (QED) is 0.448. The maximum Gasteiger partial charge on any atom is 0.280 e. The molecule has 1 amide bonds. The van der Waals surface area contributed by atoms with E-state index >= 15 is 0 Å². The van der Waals surface area contributed by atoms with Gasteiger partial charge in [-0.1, -0.05) is 11.6 Å². The van der Waals surface area contributed by atoms with Crippen molar-refractivity contribution in [1.29, 1.82) is 0 Å². The number of rotatable bonds is 8. The Morgan fingerprint density at radius 2 is 2.07 bits per heavy atom. The van der Waals surface area contributed by atoms with Crippen LogP contribution >= 0.6 is 27.5 Å². The van der Waals surface area contributed by atoms with Gasteiger partial charge in [-0.05, 0) is 78.2 Å². The third kappa shape index (κ3) is 5.87. The molecule has 0 aromatic heterocycles. The Kier molecular flexibility index (Phi) is 8.14. The van der Waals surface area contributed by atoms with Gasteiger partial charge in [0.15, 0.2) is 17.6 Å². The van der Waals surface area contributed by atoms with Gasteiger partial charge in [0.05, 0.1) is 24.4 Å². The molecule has 2 aromatic rings. The fraction of sp³-hybridized carbons (Fsp3) is 0.300. The van der Waals surface area contributed by atoms with Gasteiger partial charge in [-0.15, -0.1) is 0 Å². The molecule has 0 aliphatic carbocycles. The van der Waals surface area contributed by atoms with E-state index in [0.29, 0.717) is 28.9 Å². The molecule has 0 aliphatic rings. The monoisotopic (exact) mass is 468 g/mol. The third-order valence-electron chi connectivity index (χ3n) is 3.74. The summed E-state index contributed by atoms with van der Waals surface area (Å²) >= 11 is 9.38. The van der Waals surface area contributed by atoms with Crippen LogP contribution in [-0.2, 0) is 4.79 Å². The molecule has 2 rings (SSSR count). The average Bonchev–Trinajstić information content (AvgIpc) is 2.65. The van der Waals surface area contributed by atoms with Crippen LogP contribution in [0, 0.1) is 6.92 Å². The van der Waals surface area contributed by atoms with Gasteiger partial charge in [0.1, 0.15) is 5.75 Å². The SMILES string of the molecule is CCOc1c(Br)cc(/C=N\NC(=O)[C@@H](C)Oc2ccc(Cl)cc2C)cc1OC. The standard InChI is InChI=1S/C20H22BrClN2O4/c1-5-27-19-16(21)9-14(10-18(19)26-4)11-23-24-20(25)13(3)28-17-7-6-15(22)8-12(17)2/h6-11,13H,5H2,1-4H3,(H,24,25)/b23-11-/t13-/m1/s1. The van der Waals surface area contributed by atoms with Crippen molar-refractivity contribution in [2.24, 2.45) is 5.10 Å². The lowest BCUT2D eigenvalue weighted by Gasteiger charge is -2.15. The Labute approximate surface area is 177 Å². The molecule has 1 atom stereocenters. The van der Waals surface area contributed by atoms with Crippen LogP contribution in [0.4, 0.5) is 0 Å². The van der Waals surface area contributed by atoms with Gasteiger partial charge in [-0.25, -0.2) is 5.43 Å². The first-order chi connectivity index (χ1) is 13.3. The van der Waals surface area contributed by atoms with Crippen molar-refractivity contribution in [3.8, 4) is 17.2 Å². The van der Waals surface area contributed by atoms with Crippen LogP contribution in [0.1, 0.15) is 25.0 Å². The van der Waals surface area contributed by atoms with Gasteiger partial charge < -0.3 is 14.2 Å². The zero-order valence-electron chi connectivity index (χ0n) is 16.1.